The molecule has 30 heavy (non-hydrogen) atoms. The van der Waals surface area contributed by atoms with Crippen molar-refractivity contribution < 1.29 is 18.0 Å². The summed E-state index contributed by atoms with van der Waals surface area (Å²) in [6, 6.07) is 16.7. The number of halogens is 3. The monoisotopic (exact) mass is 416 g/mol. The van der Waals surface area contributed by atoms with E-state index < -0.39 is 12.1 Å². The van der Waals surface area contributed by atoms with E-state index in [0.29, 0.717) is 5.56 Å². The molecule has 0 radical (unpaired) electrons. The summed E-state index contributed by atoms with van der Waals surface area (Å²) in [5.41, 5.74) is 1.87. The highest BCUT2D eigenvalue weighted by Crippen LogP contribution is 2.36. The summed E-state index contributed by atoms with van der Waals surface area (Å²) in [6.45, 7) is 2.94. The highest BCUT2D eigenvalue weighted by atomic mass is 19.4. The normalized spacial score (nSPS) is 18.9. The quantitative estimate of drug-likeness (QED) is 0.631. The number of carbonyl (C=O) groups excluding carboxylic acids is 1. The molecule has 2 fully saturated rings. The first-order chi connectivity index (χ1) is 14.3. The third-order valence-corrected chi connectivity index (χ3v) is 6.30. The first-order valence-electron chi connectivity index (χ1n) is 10.6. The van der Waals surface area contributed by atoms with Crippen molar-refractivity contribution in [2.75, 3.05) is 18.0 Å². The summed E-state index contributed by atoms with van der Waals surface area (Å²) >= 11 is 0. The van der Waals surface area contributed by atoms with E-state index in [1.165, 1.54) is 17.8 Å². The molecule has 1 heterocycles. The Morgan fingerprint density at radius 2 is 1.50 bits per heavy atom. The van der Waals surface area contributed by atoms with Gasteiger partial charge in [0.05, 0.1) is 5.92 Å². The standard InChI is InChI=1S/C24H27F3N2O/c1-17(24(25,26)27)18-7-9-19(10-8-18)23(30)29(21-11-12-21)22-13-15-28(16-14-22)20-5-3-2-4-6-20/h2-10,17,21-22H,11-16H2,1H3. The summed E-state index contributed by atoms with van der Waals surface area (Å²) in [7, 11) is 0. The van der Waals surface area contributed by atoms with Crippen LogP contribution in [0.5, 0.6) is 0 Å². The molecule has 1 aliphatic heterocycles. The number of para-hydroxylation sites is 1. The minimum absolute atomic E-state index is 0.0538. The van der Waals surface area contributed by atoms with Crippen molar-refractivity contribution in [3.63, 3.8) is 0 Å². The van der Waals surface area contributed by atoms with Gasteiger partial charge >= 0.3 is 6.18 Å². The lowest BCUT2D eigenvalue weighted by atomic mass is 9.98. The zero-order chi connectivity index (χ0) is 21.3. The number of rotatable bonds is 5. The van der Waals surface area contributed by atoms with Gasteiger partial charge in [0.25, 0.3) is 5.91 Å². The van der Waals surface area contributed by atoms with Gasteiger partial charge in [-0.3, -0.25) is 4.79 Å². The molecule has 2 aliphatic rings. The van der Waals surface area contributed by atoms with E-state index in [1.54, 1.807) is 12.1 Å². The van der Waals surface area contributed by atoms with Crippen LogP contribution in [-0.2, 0) is 0 Å². The Balaban J connectivity index is 1.44. The zero-order valence-corrected chi connectivity index (χ0v) is 17.1. The van der Waals surface area contributed by atoms with E-state index >= 15 is 0 Å². The van der Waals surface area contributed by atoms with Gasteiger partial charge in [-0.15, -0.1) is 0 Å². The van der Waals surface area contributed by atoms with Gasteiger partial charge < -0.3 is 9.80 Å². The molecule has 160 valence electrons. The second-order valence-corrected chi connectivity index (χ2v) is 8.38. The average Bonchev–Trinajstić information content (AvgIpc) is 3.59. The van der Waals surface area contributed by atoms with Gasteiger partial charge in [-0.1, -0.05) is 30.3 Å². The molecular weight excluding hydrogens is 389 g/mol. The first kappa shape index (κ1) is 20.8. The fourth-order valence-corrected chi connectivity index (χ4v) is 4.28. The van der Waals surface area contributed by atoms with Crippen LogP contribution >= 0.6 is 0 Å². The molecule has 4 rings (SSSR count). The van der Waals surface area contributed by atoms with Gasteiger partial charge in [0.1, 0.15) is 0 Å². The number of hydrogen-bond donors (Lipinski definition) is 0. The molecule has 3 nitrogen and oxygen atoms in total. The Bertz CT molecular complexity index is 854. The molecule has 1 unspecified atom stereocenters. The van der Waals surface area contributed by atoms with Crippen LogP contribution in [0, 0.1) is 0 Å². The Labute approximate surface area is 175 Å². The number of nitrogens with zero attached hydrogens (tertiary/aromatic N) is 2. The van der Waals surface area contributed by atoms with E-state index in [-0.39, 0.29) is 23.6 Å². The maximum absolute atomic E-state index is 13.2. The maximum atomic E-state index is 13.2. The molecule has 1 atom stereocenters. The Morgan fingerprint density at radius 1 is 0.933 bits per heavy atom. The van der Waals surface area contributed by atoms with Crippen LogP contribution in [0.4, 0.5) is 18.9 Å². The Kier molecular flexibility index (Phi) is 5.76. The summed E-state index contributed by atoms with van der Waals surface area (Å²) < 4.78 is 38.9. The lowest BCUT2D eigenvalue weighted by Crippen LogP contribution is -2.48. The highest BCUT2D eigenvalue weighted by molar-refractivity contribution is 5.95. The van der Waals surface area contributed by atoms with Gasteiger partial charge in [0.15, 0.2) is 0 Å². The van der Waals surface area contributed by atoms with Crippen molar-refractivity contribution in [1.82, 2.24) is 4.90 Å². The maximum Gasteiger partial charge on any atom is 0.395 e. The van der Waals surface area contributed by atoms with E-state index in [4.69, 9.17) is 0 Å². The van der Waals surface area contributed by atoms with Gasteiger partial charge in [-0.05, 0) is 62.4 Å². The van der Waals surface area contributed by atoms with Gasteiger partial charge in [-0.2, -0.15) is 13.2 Å². The fraction of sp³-hybridized carbons (Fsp3) is 0.458. The highest BCUT2D eigenvalue weighted by Gasteiger charge is 2.40. The number of amides is 1. The largest absolute Gasteiger partial charge is 0.395 e. The molecule has 2 aromatic rings. The number of carbonyl (C=O) groups is 1. The zero-order valence-electron chi connectivity index (χ0n) is 17.1. The lowest BCUT2D eigenvalue weighted by Gasteiger charge is -2.39. The van der Waals surface area contributed by atoms with Crippen LogP contribution in [0.15, 0.2) is 54.6 Å². The van der Waals surface area contributed by atoms with Crippen molar-refractivity contribution in [3.05, 3.63) is 65.7 Å². The van der Waals surface area contributed by atoms with E-state index in [9.17, 15) is 18.0 Å². The fourth-order valence-electron chi connectivity index (χ4n) is 4.28. The summed E-state index contributed by atoms with van der Waals surface area (Å²) in [5, 5.41) is 0. The van der Waals surface area contributed by atoms with E-state index in [0.717, 1.165) is 45.7 Å². The van der Waals surface area contributed by atoms with Crippen LogP contribution in [0.2, 0.25) is 0 Å². The molecule has 1 saturated heterocycles. The number of piperidine rings is 1. The van der Waals surface area contributed by atoms with Gasteiger partial charge in [0.2, 0.25) is 0 Å². The SMILES string of the molecule is CC(c1ccc(C(=O)N(C2CC2)C2CCN(c3ccccc3)CC2)cc1)C(F)(F)F. The van der Waals surface area contributed by atoms with E-state index in [1.807, 2.05) is 23.1 Å². The van der Waals surface area contributed by atoms with Crippen LogP contribution < -0.4 is 4.90 Å². The van der Waals surface area contributed by atoms with Crippen molar-refractivity contribution in [2.45, 2.75) is 56.8 Å². The summed E-state index contributed by atoms with van der Waals surface area (Å²) in [4.78, 5) is 17.6. The van der Waals surface area contributed by atoms with Crippen molar-refractivity contribution in [1.29, 1.82) is 0 Å². The minimum Gasteiger partial charge on any atom is -0.371 e. The number of anilines is 1. The molecule has 1 amide bonds. The minimum atomic E-state index is -4.28. The van der Waals surface area contributed by atoms with Crippen LogP contribution in [0.25, 0.3) is 0 Å². The van der Waals surface area contributed by atoms with Crippen LogP contribution in [0.1, 0.15) is 54.4 Å². The summed E-state index contributed by atoms with van der Waals surface area (Å²) in [5.74, 6) is -1.59. The summed E-state index contributed by atoms with van der Waals surface area (Å²) in [6.07, 6.45) is -0.458. The molecule has 0 spiro atoms. The number of hydrogen-bond acceptors (Lipinski definition) is 2. The Morgan fingerprint density at radius 3 is 2.03 bits per heavy atom. The molecule has 1 saturated carbocycles. The molecule has 2 aromatic carbocycles. The molecule has 1 aliphatic carbocycles. The molecule has 0 aromatic heterocycles. The average molecular weight is 416 g/mol. The van der Waals surface area contributed by atoms with Gasteiger partial charge in [0, 0.05) is 36.4 Å². The molecular formula is C24H27F3N2O. The second-order valence-electron chi connectivity index (χ2n) is 8.38. The van der Waals surface area contributed by atoms with Crippen molar-refractivity contribution in [3.8, 4) is 0 Å². The van der Waals surface area contributed by atoms with Crippen molar-refractivity contribution in [2.24, 2.45) is 0 Å². The number of alkyl halides is 3. The molecule has 0 bridgehead atoms. The molecule has 6 heteroatoms. The second kappa shape index (κ2) is 8.32. The predicted octanol–water partition coefficient (Wildman–Crippen LogP) is 5.63. The molecule has 0 N–H and O–H groups in total. The predicted molar refractivity (Wildman–Crippen MR) is 112 cm³/mol. The van der Waals surface area contributed by atoms with Crippen LogP contribution in [0.3, 0.4) is 0 Å². The van der Waals surface area contributed by atoms with Gasteiger partial charge in [-0.25, -0.2) is 0 Å². The van der Waals surface area contributed by atoms with Crippen LogP contribution in [-0.4, -0.2) is 42.2 Å². The third-order valence-electron chi connectivity index (χ3n) is 6.30. The smallest absolute Gasteiger partial charge is 0.371 e. The Hall–Kier alpha value is -2.50. The van der Waals surface area contributed by atoms with Crippen molar-refractivity contribution >= 4 is 11.6 Å². The number of benzene rings is 2. The lowest BCUT2D eigenvalue weighted by molar-refractivity contribution is -0.146. The first-order valence-corrected chi connectivity index (χ1v) is 10.6. The third kappa shape index (κ3) is 4.47. The topological polar surface area (TPSA) is 23.6 Å². The van der Waals surface area contributed by atoms with E-state index in [2.05, 4.69) is 17.0 Å².